The van der Waals surface area contributed by atoms with E-state index in [1.807, 2.05) is 0 Å². The maximum absolute atomic E-state index is 12.5. The predicted octanol–water partition coefficient (Wildman–Crippen LogP) is 3.10. The van der Waals surface area contributed by atoms with Crippen molar-refractivity contribution in [1.29, 1.82) is 0 Å². The molecule has 0 saturated carbocycles. The lowest BCUT2D eigenvalue weighted by Gasteiger charge is -2.25. The SMILES string of the molecule is CCOC(=O)c1csc(CC(NC(=O)OC(C)(C)C)C(=O)OC(C)(C)C)n1. The summed E-state index contributed by atoms with van der Waals surface area (Å²) in [6.45, 7) is 12.3. The number of thiazole rings is 1. The number of carbonyl (C=O) groups is 3. The molecule has 0 spiro atoms. The fourth-order valence-electron chi connectivity index (χ4n) is 1.89. The number of nitrogens with one attached hydrogen (secondary N) is 1. The number of alkyl carbamates (subject to hydrolysis) is 1. The van der Waals surface area contributed by atoms with Crippen molar-refractivity contribution in [3.63, 3.8) is 0 Å². The van der Waals surface area contributed by atoms with Gasteiger partial charge in [-0.2, -0.15) is 0 Å². The molecular formula is C18H28N2O6S. The standard InChI is InChI=1S/C18H28N2O6S/c1-8-24-14(21)12-10-27-13(19-12)9-11(15(22)25-17(2,3)4)20-16(23)26-18(5,6)7/h10-11H,8-9H2,1-7H3,(H,20,23). The first-order chi connectivity index (χ1) is 12.3. The Morgan fingerprint density at radius 3 is 2.22 bits per heavy atom. The maximum Gasteiger partial charge on any atom is 0.408 e. The zero-order valence-electron chi connectivity index (χ0n) is 16.9. The highest BCUT2D eigenvalue weighted by Gasteiger charge is 2.30. The topological polar surface area (TPSA) is 104 Å². The zero-order chi connectivity index (χ0) is 20.8. The van der Waals surface area contributed by atoms with Crippen LogP contribution in [0.1, 0.15) is 64.0 Å². The summed E-state index contributed by atoms with van der Waals surface area (Å²) in [5.74, 6) is -1.14. The highest BCUT2D eigenvalue weighted by molar-refractivity contribution is 7.09. The molecule has 27 heavy (non-hydrogen) atoms. The lowest BCUT2D eigenvalue weighted by atomic mass is 10.1. The maximum atomic E-state index is 12.5. The molecule has 0 saturated heterocycles. The van der Waals surface area contributed by atoms with Crippen LogP contribution in [0.5, 0.6) is 0 Å². The van der Waals surface area contributed by atoms with Crippen LogP contribution in [0.25, 0.3) is 0 Å². The van der Waals surface area contributed by atoms with Gasteiger partial charge in [-0.05, 0) is 48.5 Å². The van der Waals surface area contributed by atoms with E-state index in [0.717, 1.165) is 0 Å². The summed E-state index contributed by atoms with van der Waals surface area (Å²) >= 11 is 1.20. The highest BCUT2D eigenvalue weighted by atomic mass is 32.1. The molecule has 0 radical (unpaired) electrons. The Hall–Kier alpha value is -2.16. The van der Waals surface area contributed by atoms with Gasteiger partial charge in [-0.25, -0.2) is 19.4 Å². The minimum Gasteiger partial charge on any atom is -0.461 e. The van der Waals surface area contributed by atoms with E-state index in [2.05, 4.69) is 10.3 Å². The Bertz CT molecular complexity index is 672. The molecule has 1 unspecified atom stereocenters. The second-order valence-corrected chi connectivity index (χ2v) is 8.73. The number of hydrogen-bond donors (Lipinski definition) is 1. The van der Waals surface area contributed by atoms with E-state index in [4.69, 9.17) is 14.2 Å². The minimum atomic E-state index is -1.000. The van der Waals surface area contributed by atoms with Crippen molar-refractivity contribution in [2.45, 2.75) is 72.1 Å². The van der Waals surface area contributed by atoms with Gasteiger partial charge >= 0.3 is 18.0 Å². The number of carbonyl (C=O) groups excluding carboxylic acids is 3. The number of amides is 1. The molecule has 8 nitrogen and oxygen atoms in total. The molecule has 0 bridgehead atoms. The monoisotopic (exact) mass is 400 g/mol. The van der Waals surface area contributed by atoms with Crippen molar-refractivity contribution in [2.24, 2.45) is 0 Å². The van der Waals surface area contributed by atoms with Crippen LogP contribution in [0.2, 0.25) is 0 Å². The number of rotatable bonds is 6. The summed E-state index contributed by atoms with van der Waals surface area (Å²) in [4.78, 5) is 40.5. The molecule has 0 aromatic carbocycles. The molecule has 0 aliphatic carbocycles. The van der Waals surface area contributed by atoms with Crippen LogP contribution in [0.3, 0.4) is 0 Å². The molecule has 1 rings (SSSR count). The first-order valence-electron chi connectivity index (χ1n) is 8.64. The lowest BCUT2D eigenvalue weighted by Crippen LogP contribution is -2.47. The molecule has 152 valence electrons. The molecule has 9 heteroatoms. The Morgan fingerprint density at radius 2 is 1.70 bits per heavy atom. The van der Waals surface area contributed by atoms with Gasteiger partial charge in [0, 0.05) is 11.8 Å². The third kappa shape index (κ3) is 8.85. The summed E-state index contributed by atoms with van der Waals surface area (Å²) in [6, 6.07) is -1.000. The second-order valence-electron chi connectivity index (χ2n) is 7.78. The van der Waals surface area contributed by atoms with Crippen molar-refractivity contribution in [3.05, 3.63) is 16.1 Å². The molecule has 1 heterocycles. The highest BCUT2D eigenvalue weighted by Crippen LogP contribution is 2.16. The summed E-state index contributed by atoms with van der Waals surface area (Å²) in [5, 5.41) is 4.56. The van der Waals surface area contributed by atoms with Crippen LogP contribution in [0, 0.1) is 0 Å². The molecule has 1 atom stereocenters. The summed E-state index contributed by atoms with van der Waals surface area (Å²) in [5.41, 5.74) is -1.26. The molecular weight excluding hydrogens is 372 g/mol. The van der Waals surface area contributed by atoms with Gasteiger partial charge < -0.3 is 19.5 Å². The Balaban J connectivity index is 2.92. The number of ether oxygens (including phenoxy) is 3. The van der Waals surface area contributed by atoms with Crippen LogP contribution in [0.4, 0.5) is 4.79 Å². The average Bonchev–Trinajstić information content (AvgIpc) is 2.91. The molecule has 1 aromatic rings. The van der Waals surface area contributed by atoms with E-state index in [-0.39, 0.29) is 18.7 Å². The Morgan fingerprint density at radius 1 is 1.11 bits per heavy atom. The fourth-order valence-corrected chi connectivity index (χ4v) is 2.70. The van der Waals surface area contributed by atoms with E-state index in [1.165, 1.54) is 11.3 Å². The van der Waals surface area contributed by atoms with Gasteiger partial charge in [0.25, 0.3) is 0 Å². The normalized spacial score (nSPS) is 12.9. The summed E-state index contributed by atoms with van der Waals surface area (Å²) < 4.78 is 15.5. The predicted molar refractivity (Wildman–Crippen MR) is 101 cm³/mol. The minimum absolute atomic E-state index is 0.0677. The van der Waals surface area contributed by atoms with E-state index < -0.39 is 35.3 Å². The van der Waals surface area contributed by atoms with E-state index in [0.29, 0.717) is 5.01 Å². The van der Waals surface area contributed by atoms with Gasteiger partial charge in [-0.1, -0.05) is 0 Å². The lowest BCUT2D eigenvalue weighted by molar-refractivity contribution is -0.157. The number of aromatic nitrogens is 1. The third-order valence-electron chi connectivity index (χ3n) is 2.80. The number of hydrogen-bond acceptors (Lipinski definition) is 8. The van der Waals surface area contributed by atoms with Crippen LogP contribution in [-0.4, -0.2) is 46.9 Å². The van der Waals surface area contributed by atoms with E-state index in [1.54, 1.807) is 53.8 Å². The van der Waals surface area contributed by atoms with Crippen LogP contribution in [0.15, 0.2) is 5.38 Å². The average molecular weight is 400 g/mol. The van der Waals surface area contributed by atoms with Gasteiger partial charge in [-0.15, -0.1) is 11.3 Å². The molecule has 1 amide bonds. The quantitative estimate of drug-likeness (QED) is 0.578. The van der Waals surface area contributed by atoms with Crippen LogP contribution < -0.4 is 5.32 Å². The van der Waals surface area contributed by atoms with Gasteiger partial charge in [0.05, 0.1) is 11.6 Å². The smallest absolute Gasteiger partial charge is 0.408 e. The largest absolute Gasteiger partial charge is 0.461 e. The summed E-state index contributed by atoms with van der Waals surface area (Å²) in [7, 11) is 0. The van der Waals surface area contributed by atoms with Gasteiger partial charge in [0.2, 0.25) is 0 Å². The van der Waals surface area contributed by atoms with Crippen LogP contribution >= 0.6 is 11.3 Å². The Kier molecular flexibility index (Phi) is 7.77. The number of esters is 2. The van der Waals surface area contributed by atoms with Gasteiger partial charge in [0.15, 0.2) is 5.69 Å². The molecule has 1 N–H and O–H groups in total. The van der Waals surface area contributed by atoms with E-state index >= 15 is 0 Å². The molecule has 0 aliphatic rings. The van der Waals surface area contributed by atoms with Crippen molar-refractivity contribution in [3.8, 4) is 0 Å². The number of nitrogens with zero attached hydrogens (tertiary/aromatic N) is 1. The van der Waals surface area contributed by atoms with Crippen LogP contribution in [-0.2, 0) is 25.4 Å². The van der Waals surface area contributed by atoms with Crippen molar-refractivity contribution >= 4 is 29.4 Å². The van der Waals surface area contributed by atoms with Crippen molar-refractivity contribution in [1.82, 2.24) is 10.3 Å². The van der Waals surface area contributed by atoms with Gasteiger partial charge in [-0.3, -0.25) is 0 Å². The first kappa shape index (κ1) is 22.9. The summed E-state index contributed by atoms with van der Waals surface area (Å²) in [6.07, 6.45) is -0.668. The third-order valence-corrected chi connectivity index (χ3v) is 3.67. The molecule has 1 aromatic heterocycles. The first-order valence-corrected chi connectivity index (χ1v) is 9.52. The van der Waals surface area contributed by atoms with Crippen molar-refractivity contribution in [2.75, 3.05) is 6.61 Å². The zero-order valence-corrected chi connectivity index (χ0v) is 17.7. The van der Waals surface area contributed by atoms with Gasteiger partial charge in [0.1, 0.15) is 17.2 Å². The van der Waals surface area contributed by atoms with Crippen molar-refractivity contribution < 1.29 is 28.6 Å². The fraction of sp³-hybridized carbons (Fsp3) is 0.667. The Labute approximate surface area is 163 Å². The molecule has 0 fully saturated rings. The van der Waals surface area contributed by atoms with E-state index in [9.17, 15) is 14.4 Å². The second kappa shape index (κ2) is 9.16. The molecule has 0 aliphatic heterocycles.